The van der Waals surface area contributed by atoms with Gasteiger partial charge in [-0.2, -0.15) is 0 Å². The smallest absolute Gasteiger partial charge is 0.0978 e. The van der Waals surface area contributed by atoms with Gasteiger partial charge in [0.15, 0.2) is 0 Å². The number of ether oxygens (including phenoxy) is 2. The minimum Gasteiger partial charge on any atom is -0.498 e. The molecule has 0 saturated carbocycles. The van der Waals surface area contributed by atoms with E-state index in [1.807, 2.05) is 24.5 Å². The molecule has 2 nitrogen and oxygen atoms in total. The summed E-state index contributed by atoms with van der Waals surface area (Å²) < 4.78 is 11.3. The minimum atomic E-state index is 0.198. The van der Waals surface area contributed by atoms with Crippen molar-refractivity contribution in [2.45, 2.75) is 39.1 Å². The van der Waals surface area contributed by atoms with Crippen LogP contribution in [0.15, 0.2) is 42.2 Å². The van der Waals surface area contributed by atoms with Gasteiger partial charge >= 0.3 is 0 Å². The molecule has 0 aliphatic carbocycles. The Kier molecular flexibility index (Phi) is 3.62. The van der Waals surface area contributed by atoms with Gasteiger partial charge in [0.2, 0.25) is 0 Å². The van der Waals surface area contributed by atoms with Crippen LogP contribution < -0.4 is 0 Å². The highest BCUT2D eigenvalue weighted by Crippen LogP contribution is 2.21. The number of benzene rings is 1. The zero-order chi connectivity index (χ0) is 11.4. The van der Waals surface area contributed by atoms with E-state index in [1.165, 1.54) is 11.1 Å². The van der Waals surface area contributed by atoms with Gasteiger partial charge in [0.05, 0.1) is 25.1 Å². The highest BCUT2D eigenvalue weighted by atomic mass is 16.5. The maximum Gasteiger partial charge on any atom is 0.0978 e. The molecule has 0 spiro atoms. The monoisotopic (exact) mass is 218 g/mol. The first-order chi connectivity index (χ1) is 7.75. The third-order valence-electron chi connectivity index (χ3n) is 2.83. The summed E-state index contributed by atoms with van der Waals surface area (Å²) in [7, 11) is 0. The van der Waals surface area contributed by atoms with Gasteiger partial charge in [-0.15, -0.1) is 0 Å². The fourth-order valence-corrected chi connectivity index (χ4v) is 1.81. The normalized spacial score (nSPS) is 24.8. The first-order valence-electron chi connectivity index (χ1n) is 5.73. The SMILES string of the molecule is CC1=CO[C@@H](C)C[C@H]1OCc1ccccc1. The Labute approximate surface area is 96.9 Å². The maximum absolute atomic E-state index is 5.90. The van der Waals surface area contributed by atoms with Crippen molar-refractivity contribution in [2.24, 2.45) is 0 Å². The Morgan fingerprint density at radius 2 is 2.06 bits per heavy atom. The molecule has 0 saturated heterocycles. The van der Waals surface area contributed by atoms with Crippen LogP contribution >= 0.6 is 0 Å². The molecule has 2 heteroatoms. The molecule has 16 heavy (non-hydrogen) atoms. The van der Waals surface area contributed by atoms with E-state index < -0.39 is 0 Å². The zero-order valence-corrected chi connectivity index (χ0v) is 9.85. The fraction of sp³-hybridized carbons (Fsp3) is 0.429. The molecule has 2 atom stereocenters. The molecule has 1 aromatic rings. The van der Waals surface area contributed by atoms with Gasteiger partial charge in [-0.05, 0) is 25.0 Å². The van der Waals surface area contributed by atoms with Gasteiger partial charge < -0.3 is 9.47 Å². The summed E-state index contributed by atoms with van der Waals surface area (Å²) in [5.74, 6) is 0. The van der Waals surface area contributed by atoms with Crippen LogP contribution in [0.25, 0.3) is 0 Å². The largest absolute Gasteiger partial charge is 0.498 e. The molecule has 0 bridgehead atoms. The molecule has 86 valence electrons. The van der Waals surface area contributed by atoms with E-state index in [0.29, 0.717) is 6.61 Å². The van der Waals surface area contributed by atoms with Crippen LogP contribution in [0.3, 0.4) is 0 Å². The number of rotatable bonds is 3. The predicted octanol–water partition coefficient (Wildman–Crippen LogP) is 3.28. The number of hydrogen-bond acceptors (Lipinski definition) is 2. The van der Waals surface area contributed by atoms with Crippen LogP contribution in [-0.4, -0.2) is 12.2 Å². The van der Waals surface area contributed by atoms with Gasteiger partial charge in [0.25, 0.3) is 0 Å². The molecule has 2 rings (SSSR count). The highest BCUT2D eigenvalue weighted by molar-refractivity contribution is 5.14. The summed E-state index contributed by atoms with van der Waals surface area (Å²) in [6.45, 7) is 4.80. The van der Waals surface area contributed by atoms with E-state index in [9.17, 15) is 0 Å². The van der Waals surface area contributed by atoms with Gasteiger partial charge in [0, 0.05) is 6.42 Å². The molecular formula is C14H18O2. The summed E-state index contributed by atoms with van der Waals surface area (Å²) in [6.07, 6.45) is 3.22. The van der Waals surface area contributed by atoms with Crippen molar-refractivity contribution >= 4 is 0 Å². The van der Waals surface area contributed by atoms with Gasteiger partial charge in [-0.25, -0.2) is 0 Å². The van der Waals surface area contributed by atoms with Crippen LogP contribution in [0.1, 0.15) is 25.8 Å². The van der Waals surface area contributed by atoms with Crippen molar-refractivity contribution in [2.75, 3.05) is 0 Å². The van der Waals surface area contributed by atoms with E-state index >= 15 is 0 Å². The van der Waals surface area contributed by atoms with E-state index in [0.717, 1.165) is 6.42 Å². The quantitative estimate of drug-likeness (QED) is 0.775. The maximum atomic E-state index is 5.90. The van der Waals surface area contributed by atoms with E-state index in [2.05, 4.69) is 26.0 Å². The summed E-state index contributed by atoms with van der Waals surface area (Å²) in [4.78, 5) is 0. The van der Waals surface area contributed by atoms with Crippen molar-refractivity contribution in [3.05, 3.63) is 47.7 Å². The average Bonchev–Trinajstić information content (AvgIpc) is 2.32. The van der Waals surface area contributed by atoms with Crippen molar-refractivity contribution in [1.82, 2.24) is 0 Å². The lowest BCUT2D eigenvalue weighted by Crippen LogP contribution is -2.25. The Balaban J connectivity index is 1.90. The fourth-order valence-electron chi connectivity index (χ4n) is 1.81. The second kappa shape index (κ2) is 5.17. The Hall–Kier alpha value is -1.28. The number of hydrogen-bond donors (Lipinski definition) is 0. The highest BCUT2D eigenvalue weighted by Gasteiger charge is 2.20. The molecule has 0 N–H and O–H groups in total. The average molecular weight is 218 g/mol. The second-order valence-corrected chi connectivity index (χ2v) is 4.33. The molecule has 0 unspecified atom stereocenters. The molecule has 0 radical (unpaired) electrons. The molecular weight excluding hydrogens is 200 g/mol. The van der Waals surface area contributed by atoms with E-state index in [4.69, 9.17) is 9.47 Å². The third-order valence-corrected chi connectivity index (χ3v) is 2.83. The summed E-state index contributed by atoms with van der Waals surface area (Å²) in [5, 5.41) is 0. The predicted molar refractivity (Wildman–Crippen MR) is 63.9 cm³/mol. The van der Waals surface area contributed by atoms with Crippen LogP contribution in [0.5, 0.6) is 0 Å². The molecule has 0 fully saturated rings. The zero-order valence-electron chi connectivity index (χ0n) is 9.85. The Morgan fingerprint density at radius 1 is 1.31 bits per heavy atom. The first kappa shape index (κ1) is 11.2. The van der Waals surface area contributed by atoms with Gasteiger partial charge in [-0.1, -0.05) is 30.3 Å². The van der Waals surface area contributed by atoms with Gasteiger partial charge in [-0.3, -0.25) is 0 Å². The summed E-state index contributed by atoms with van der Waals surface area (Å²) >= 11 is 0. The van der Waals surface area contributed by atoms with Gasteiger partial charge in [0.1, 0.15) is 0 Å². The van der Waals surface area contributed by atoms with Crippen LogP contribution in [0.4, 0.5) is 0 Å². The van der Waals surface area contributed by atoms with Crippen LogP contribution in [0.2, 0.25) is 0 Å². The first-order valence-corrected chi connectivity index (χ1v) is 5.73. The Morgan fingerprint density at radius 3 is 2.81 bits per heavy atom. The molecule has 1 heterocycles. The molecule has 1 aliphatic heterocycles. The van der Waals surface area contributed by atoms with Crippen molar-refractivity contribution in [3.63, 3.8) is 0 Å². The van der Waals surface area contributed by atoms with Crippen molar-refractivity contribution in [1.29, 1.82) is 0 Å². The van der Waals surface area contributed by atoms with Crippen molar-refractivity contribution in [3.8, 4) is 0 Å². The van der Waals surface area contributed by atoms with Crippen LogP contribution in [-0.2, 0) is 16.1 Å². The summed E-state index contributed by atoms with van der Waals surface area (Å²) in [5.41, 5.74) is 2.39. The lowest BCUT2D eigenvalue weighted by Gasteiger charge is -2.26. The standard InChI is InChI=1S/C14H18O2/c1-11-9-15-12(2)8-14(11)16-10-13-6-4-3-5-7-13/h3-7,9,12,14H,8,10H2,1-2H3/t12-,14+/m0/s1. The third kappa shape index (κ3) is 2.86. The minimum absolute atomic E-state index is 0.198. The summed E-state index contributed by atoms with van der Waals surface area (Å²) in [6, 6.07) is 10.3. The lowest BCUT2D eigenvalue weighted by molar-refractivity contribution is 0.00498. The van der Waals surface area contributed by atoms with E-state index in [-0.39, 0.29) is 12.2 Å². The van der Waals surface area contributed by atoms with Crippen molar-refractivity contribution < 1.29 is 9.47 Å². The van der Waals surface area contributed by atoms with E-state index in [1.54, 1.807) is 0 Å². The molecule has 0 amide bonds. The second-order valence-electron chi connectivity index (χ2n) is 4.33. The Bertz CT molecular complexity index is 356. The molecule has 0 aromatic heterocycles. The molecule has 1 aliphatic rings. The topological polar surface area (TPSA) is 18.5 Å². The molecule has 1 aromatic carbocycles. The lowest BCUT2D eigenvalue weighted by atomic mass is 10.0. The van der Waals surface area contributed by atoms with Crippen LogP contribution in [0, 0.1) is 0 Å².